The number of aromatic nitrogens is 2. The predicted molar refractivity (Wildman–Crippen MR) is 65.3 cm³/mol. The van der Waals surface area contributed by atoms with Gasteiger partial charge in [-0.25, -0.2) is 15.8 Å². The fourth-order valence-corrected chi connectivity index (χ4v) is 1.85. The highest BCUT2D eigenvalue weighted by Gasteiger charge is 2.07. The molecule has 0 unspecified atom stereocenters. The van der Waals surface area contributed by atoms with Crippen LogP contribution in [0, 0.1) is 0 Å². The zero-order chi connectivity index (χ0) is 12.1. The Morgan fingerprint density at radius 3 is 2.88 bits per heavy atom. The Kier molecular flexibility index (Phi) is 3.63. The average Bonchev–Trinajstić information content (AvgIpc) is 2.89. The number of nitrogen functional groups attached to an aromatic ring is 1. The second kappa shape index (κ2) is 5.37. The molecular weight excluding hydrogens is 238 g/mol. The summed E-state index contributed by atoms with van der Waals surface area (Å²) in [5.41, 5.74) is 3.67. The van der Waals surface area contributed by atoms with E-state index in [4.69, 9.17) is 5.84 Å². The molecule has 0 aromatic carbocycles. The Labute approximate surface area is 102 Å². The zero-order valence-electron chi connectivity index (χ0n) is 8.88. The van der Waals surface area contributed by atoms with Crippen molar-refractivity contribution in [2.75, 3.05) is 5.43 Å². The zero-order valence-corrected chi connectivity index (χ0v) is 9.70. The van der Waals surface area contributed by atoms with E-state index in [0.29, 0.717) is 12.4 Å². The SMILES string of the molecule is NNc1cnc(C(=O)NCc2ccsc2)cn1. The number of rotatable bonds is 4. The molecule has 88 valence electrons. The Bertz CT molecular complexity index is 482. The van der Waals surface area contributed by atoms with E-state index in [0.717, 1.165) is 5.56 Å². The van der Waals surface area contributed by atoms with Crippen molar-refractivity contribution in [1.82, 2.24) is 15.3 Å². The van der Waals surface area contributed by atoms with Crippen LogP contribution in [0.1, 0.15) is 16.1 Å². The highest BCUT2D eigenvalue weighted by molar-refractivity contribution is 7.07. The molecule has 0 radical (unpaired) electrons. The number of amides is 1. The third-order valence-electron chi connectivity index (χ3n) is 2.07. The molecule has 6 nitrogen and oxygen atoms in total. The second-order valence-corrected chi connectivity index (χ2v) is 4.03. The number of nitrogens with two attached hydrogens (primary N) is 1. The van der Waals surface area contributed by atoms with Gasteiger partial charge in [0, 0.05) is 6.54 Å². The number of nitrogens with one attached hydrogen (secondary N) is 2. The molecule has 2 aromatic heterocycles. The first-order valence-electron chi connectivity index (χ1n) is 4.87. The van der Waals surface area contributed by atoms with Crippen molar-refractivity contribution in [3.63, 3.8) is 0 Å². The molecule has 0 aliphatic rings. The van der Waals surface area contributed by atoms with Gasteiger partial charge in [-0.05, 0) is 22.4 Å². The van der Waals surface area contributed by atoms with Gasteiger partial charge in [-0.15, -0.1) is 0 Å². The quantitative estimate of drug-likeness (QED) is 0.549. The van der Waals surface area contributed by atoms with E-state index < -0.39 is 0 Å². The molecule has 0 spiro atoms. The Morgan fingerprint density at radius 1 is 1.41 bits per heavy atom. The Balaban J connectivity index is 1.95. The van der Waals surface area contributed by atoms with Gasteiger partial charge in [-0.3, -0.25) is 4.79 Å². The van der Waals surface area contributed by atoms with Crippen LogP contribution in [0.2, 0.25) is 0 Å². The molecule has 0 bridgehead atoms. The van der Waals surface area contributed by atoms with Crippen molar-refractivity contribution in [3.8, 4) is 0 Å². The van der Waals surface area contributed by atoms with Crippen molar-refractivity contribution < 1.29 is 4.79 Å². The molecule has 0 saturated heterocycles. The molecule has 0 aliphatic heterocycles. The highest BCUT2D eigenvalue weighted by atomic mass is 32.1. The van der Waals surface area contributed by atoms with Crippen LogP contribution >= 0.6 is 11.3 Å². The Morgan fingerprint density at radius 2 is 2.29 bits per heavy atom. The third kappa shape index (κ3) is 2.99. The molecule has 4 N–H and O–H groups in total. The van der Waals surface area contributed by atoms with Crippen LogP contribution in [0.3, 0.4) is 0 Å². The summed E-state index contributed by atoms with van der Waals surface area (Å²) in [4.78, 5) is 19.5. The van der Waals surface area contributed by atoms with Crippen molar-refractivity contribution in [1.29, 1.82) is 0 Å². The number of hydrogen-bond acceptors (Lipinski definition) is 6. The number of hydrogen-bond donors (Lipinski definition) is 3. The first-order valence-corrected chi connectivity index (χ1v) is 5.82. The summed E-state index contributed by atoms with van der Waals surface area (Å²) in [6.45, 7) is 0.487. The van der Waals surface area contributed by atoms with Crippen molar-refractivity contribution in [2.24, 2.45) is 5.84 Å². The lowest BCUT2D eigenvalue weighted by molar-refractivity contribution is 0.0945. The van der Waals surface area contributed by atoms with E-state index in [1.807, 2.05) is 16.8 Å². The minimum atomic E-state index is -0.257. The highest BCUT2D eigenvalue weighted by Crippen LogP contribution is 2.05. The normalized spacial score (nSPS) is 9.94. The van der Waals surface area contributed by atoms with Gasteiger partial charge in [-0.2, -0.15) is 11.3 Å². The van der Waals surface area contributed by atoms with E-state index in [1.54, 1.807) is 11.3 Å². The maximum Gasteiger partial charge on any atom is 0.271 e. The molecular formula is C10H11N5OS. The molecule has 2 heterocycles. The maximum absolute atomic E-state index is 11.7. The lowest BCUT2D eigenvalue weighted by Gasteiger charge is -2.03. The van der Waals surface area contributed by atoms with Gasteiger partial charge in [0.15, 0.2) is 5.82 Å². The van der Waals surface area contributed by atoms with E-state index in [9.17, 15) is 4.79 Å². The van der Waals surface area contributed by atoms with Crippen LogP contribution in [0.15, 0.2) is 29.2 Å². The number of carbonyl (C=O) groups is 1. The first-order chi connectivity index (χ1) is 8.29. The molecule has 0 atom stereocenters. The summed E-state index contributed by atoms with van der Waals surface area (Å²) in [6.07, 6.45) is 2.78. The second-order valence-electron chi connectivity index (χ2n) is 3.25. The number of anilines is 1. The monoisotopic (exact) mass is 249 g/mol. The van der Waals surface area contributed by atoms with Gasteiger partial charge < -0.3 is 10.7 Å². The first kappa shape index (κ1) is 11.5. The topological polar surface area (TPSA) is 92.9 Å². The smallest absolute Gasteiger partial charge is 0.271 e. The lowest BCUT2D eigenvalue weighted by atomic mass is 10.3. The van der Waals surface area contributed by atoms with Gasteiger partial charge in [0.1, 0.15) is 5.69 Å². The van der Waals surface area contributed by atoms with E-state index in [-0.39, 0.29) is 11.6 Å². The van der Waals surface area contributed by atoms with E-state index >= 15 is 0 Å². The molecule has 1 amide bonds. The molecule has 2 rings (SSSR count). The lowest BCUT2D eigenvalue weighted by Crippen LogP contribution is -2.24. The summed E-state index contributed by atoms with van der Waals surface area (Å²) < 4.78 is 0. The van der Waals surface area contributed by atoms with E-state index in [2.05, 4.69) is 20.7 Å². The van der Waals surface area contributed by atoms with Gasteiger partial charge in [0.05, 0.1) is 12.4 Å². The van der Waals surface area contributed by atoms with Crippen LogP contribution in [0.5, 0.6) is 0 Å². The molecule has 17 heavy (non-hydrogen) atoms. The summed E-state index contributed by atoms with van der Waals surface area (Å²) in [5, 5.41) is 6.69. The minimum Gasteiger partial charge on any atom is -0.347 e. The van der Waals surface area contributed by atoms with Gasteiger partial charge in [0.2, 0.25) is 0 Å². The summed E-state index contributed by atoms with van der Waals surface area (Å²) >= 11 is 1.59. The minimum absolute atomic E-state index is 0.257. The van der Waals surface area contributed by atoms with Gasteiger partial charge in [0.25, 0.3) is 5.91 Å². The predicted octanol–water partition coefficient (Wildman–Crippen LogP) is 0.754. The number of carbonyl (C=O) groups excluding carboxylic acids is 1. The van der Waals surface area contributed by atoms with Crippen LogP contribution in [0.4, 0.5) is 5.82 Å². The van der Waals surface area contributed by atoms with Crippen LogP contribution < -0.4 is 16.6 Å². The third-order valence-corrected chi connectivity index (χ3v) is 2.80. The fourth-order valence-electron chi connectivity index (χ4n) is 1.19. The number of thiophene rings is 1. The van der Waals surface area contributed by atoms with Gasteiger partial charge >= 0.3 is 0 Å². The Hall–Kier alpha value is -1.99. The van der Waals surface area contributed by atoms with Crippen LogP contribution in [-0.4, -0.2) is 15.9 Å². The molecule has 0 saturated carbocycles. The number of hydrazine groups is 1. The standard InChI is InChI=1S/C10H11N5OS/c11-15-9-5-12-8(4-13-9)10(16)14-3-7-1-2-17-6-7/h1-2,4-6H,3,11H2,(H,13,15)(H,14,16). The molecule has 0 aliphatic carbocycles. The summed E-state index contributed by atoms with van der Waals surface area (Å²) in [6, 6.07) is 1.96. The summed E-state index contributed by atoms with van der Waals surface area (Å²) in [7, 11) is 0. The molecule has 7 heteroatoms. The van der Waals surface area contributed by atoms with E-state index in [1.165, 1.54) is 12.4 Å². The summed E-state index contributed by atoms with van der Waals surface area (Å²) in [5.74, 6) is 5.31. The van der Waals surface area contributed by atoms with Crippen LogP contribution in [-0.2, 0) is 6.54 Å². The molecule has 0 fully saturated rings. The van der Waals surface area contributed by atoms with Gasteiger partial charge in [-0.1, -0.05) is 0 Å². The van der Waals surface area contributed by atoms with Crippen molar-refractivity contribution in [3.05, 3.63) is 40.5 Å². The van der Waals surface area contributed by atoms with Crippen LogP contribution in [0.25, 0.3) is 0 Å². The largest absolute Gasteiger partial charge is 0.347 e. The van der Waals surface area contributed by atoms with Crippen molar-refractivity contribution >= 4 is 23.1 Å². The fraction of sp³-hybridized carbons (Fsp3) is 0.100. The average molecular weight is 249 g/mol. The van der Waals surface area contributed by atoms with Crippen molar-refractivity contribution in [2.45, 2.75) is 6.54 Å². The maximum atomic E-state index is 11.7. The number of nitrogens with zero attached hydrogens (tertiary/aromatic N) is 2. The molecule has 2 aromatic rings.